The summed E-state index contributed by atoms with van der Waals surface area (Å²) in [5.41, 5.74) is 2.96. The molecule has 2 saturated carbocycles. The van der Waals surface area contributed by atoms with Crippen LogP contribution in [0.5, 0.6) is 0 Å². The molecule has 1 aromatic carbocycles. The molecule has 2 aliphatic carbocycles. The first-order valence-electron chi connectivity index (χ1n) is 13.5. The Morgan fingerprint density at radius 1 is 1.02 bits per heavy atom. The predicted octanol–water partition coefficient (Wildman–Crippen LogP) is 3.72. The van der Waals surface area contributed by atoms with Gasteiger partial charge in [0.25, 0.3) is 0 Å². The molecule has 2 aliphatic rings. The summed E-state index contributed by atoms with van der Waals surface area (Å²) in [5, 5.41) is 29.1. The highest BCUT2D eigenvalue weighted by atomic mass is 32.2. The molecular weight excluding hydrogens is 567 g/mol. The molecule has 4 atom stereocenters. The number of hydrogen-bond donors (Lipinski definition) is 4. The van der Waals surface area contributed by atoms with Crippen LogP contribution in [0, 0.1) is 31.5 Å². The summed E-state index contributed by atoms with van der Waals surface area (Å²) in [5.74, 6) is -0.172. The second-order valence-electron chi connectivity index (χ2n) is 10.9. The lowest BCUT2D eigenvalue weighted by Gasteiger charge is -2.21. The van der Waals surface area contributed by atoms with Gasteiger partial charge in [0.2, 0.25) is 5.95 Å². The Hall–Kier alpha value is -3.26. The van der Waals surface area contributed by atoms with Gasteiger partial charge in [-0.05, 0) is 69.4 Å². The fourth-order valence-corrected chi connectivity index (χ4v) is 8.04. The molecule has 0 radical (unpaired) electrons. The monoisotopic (exact) mass is 598 g/mol. The van der Waals surface area contributed by atoms with Gasteiger partial charge in [-0.1, -0.05) is 0 Å². The number of aryl methyl sites for hydroxylation is 2. The van der Waals surface area contributed by atoms with Crippen LogP contribution in [0.3, 0.4) is 0 Å². The van der Waals surface area contributed by atoms with Crippen LogP contribution in [-0.4, -0.2) is 69.1 Å². The molecule has 216 valence electrons. The van der Waals surface area contributed by atoms with E-state index in [1.54, 1.807) is 6.20 Å². The molecule has 4 aromatic rings. The van der Waals surface area contributed by atoms with Gasteiger partial charge in [-0.15, -0.1) is 11.3 Å². The molecule has 6 rings (SSSR count). The van der Waals surface area contributed by atoms with E-state index in [1.807, 2.05) is 19.9 Å². The summed E-state index contributed by atoms with van der Waals surface area (Å²) in [7, 11) is -3.82. The Balaban J connectivity index is 1.30. The van der Waals surface area contributed by atoms with Crippen molar-refractivity contribution >= 4 is 43.2 Å². The number of nitrogens with zero attached hydrogens (tertiary/aromatic N) is 4. The Bertz CT molecular complexity index is 1690. The average Bonchev–Trinajstić information content (AvgIpc) is 3.61. The molecule has 4 N–H and O–H groups in total. The number of hydrogen-bond acceptors (Lipinski definition) is 11. The summed E-state index contributed by atoms with van der Waals surface area (Å²) in [6.45, 7) is 4.54. The van der Waals surface area contributed by atoms with Crippen LogP contribution in [0.2, 0.25) is 0 Å². The van der Waals surface area contributed by atoms with E-state index in [4.69, 9.17) is 9.97 Å². The summed E-state index contributed by atoms with van der Waals surface area (Å²) in [6.07, 6.45) is 1.74. The molecule has 41 heavy (non-hydrogen) atoms. The number of pyridine rings is 1. The molecule has 0 aliphatic heterocycles. The van der Waals surface area contributed by atoms with Crippen molar-refractivity contribution in [2.24, 2.45) is 11.8 Å². The van der Waals surface area contributed by atoms with Gasteiger partial charge in [0.1, 0.15) is 28.3 Å². The molecule has 0 spiro atoms. The van der Waals surface area contributed by atoms with Crippen molar-refractivity contribution in [3.8, 4) is 10.6 Å². The molecular formula is C28H31FN6O4S2. The maximum atomic E-state index is 13.3. The van der Waals surface area contributed by atoms with Crippen molar-refractivity contribution in [1.29, 1.82) is 0 Å². The highest BCUT2D eigenvalue weighted by Gasteiger charge is 2.44. The highest BCUT2D eigenvalue weighted by molar-refractivity contribution is 7.91. The minimum absolute atomic E-state index is 0.0299. The van der Waals surface area contributed by atoms with Gasteiger partial charge in [0.05, 0.1) is 44.4 Å². The van der Waals surface area contributed by atoms with E-state index in [-0.39, 0.29) is 17.1 Å². The Kier molecular flexibility index (Phi) is 7.39. The van der Waals surface area contributed by atoms with E-state index in [2.05, 4.69) is 20.6 Å². The van der Waals surface area contributed by atoms with Crippen LogP contribution in [0.25, 0.3) is 20.8 Å². The van der Waals surface area contributed by atoms with E-state index in [0.29, 0.717) is 33.9 Å². The number of rotatable bonds is 9. The van der Waals surface area contributed by atoms with Crippen LogP contribution in [-0.2, 0) is 9.84 Å². The van der Waals surface area contributed by atoms with Crippen LogP contribution in [0.1, 0.15) is 30.7 Å². The van der Waals surface area contributed by atoms with Crippen LogP contribution < -0.4 is 10.6 Å². The standard InChI is InChI=1S/C28H31FN6O4S2/c1-14-22(27-34-23-15(2)30-10-9-21(23)40-27)26(35-28(32-14)31-12-16-3-4-16)33-20-11-17(24(36)25(20)37)13-41(38,39)19-7-5-18(29)6-8-19/h5-10,16-17,20,24-25,36-37H,3-4,11-13H2,1-2H3,(H2,31,32,33,35)/t17-,20?,24-,25+/m1/s1. The van der Waals surface area contributed by atoms with Crippen molar-refractivity contribution in [3.63, 3.8) is 0 Å². The zero-order valence-corrected chi connectivity index (χ0v) is 24.2. The van der Waals surface area contributed by atoms with Crippen molar-refractivity contribution in [1.82, 2.24) is 19.9 Å². The first kappa shape index (κ1) is 27.9. The maximum absolute atomic E-state index is 13.3. The van der Waals surface area contributed by atoms with Crippen molar-refractivity contribution in [2.45, 2.75) is 56.3 Å². The van der Waals surface area contributed by atoms with Crippen molar-refractivity contribution < 1.29 is 23.0 Å². The number of thiazole rings is 1. The fraction of sp³-hybridized carbons (Fsp3) is 0.429. The quantitative estimate of drug-likeness (QED) is 0.210. The highest BCUT2D eigenvalue weighted by Crippen LogP contribution is 2.39. The molecule has 3 aromatic heterocycles. The number of fused-ring (bicyclic) bond motifs is 1. The molecule has 13 heteroatoms. The number of halogens is 1. The summed E-state index contributed by atoms with van der Waals surface area (Å²) in [4.78, 5) is 18.6. The average molecular weight is 599 g/mol. The largest absolute Gasteiger partial charge is 0.390 e. The Labute approximate surface area is 241 Å². The topological polar surface area (TPSA) is 150 Å². The zero-order valence-electron chi connectivity index (χ0n) is 22.6. The van der Waals surface area contributed by atoms with Crippen LogP contribution >= 0.6 is 11.3 Å². The number of anilines is 2. The minimum Gasteiger partial charge on any atom is -0.390 e. The molecule has 0 amide bonds. The third-order valence-corrected chi connectivity index (χ3v) is 10.7. The Morgan fingerprint density at radius 2 is 1.78 bits per heavy atom. The summed E-state index contributed by atoms with van der Waals surface area (Å²) < 4.78 is 40.3. The molecule has 3 heterocycles. The maximum Gasteiger partial charge on any atom is 0.224 e. The third kappa shape index (κ3) is 5.76. The van der Waals surface area contributed by atoms with Gasteiger partial charge in [-0.2, -0.15) is 4.98 Å². The number of aliphatic hydroxyl groups excluding tert-OH is 2. The number of benzene rings is 1. The first-order chi connectivity index (χ1) is 19.6. The van der Waals surface area contributed by atoms with Crippen molar-refractivity contribution in [2.75, 3.05) is 22.9 Å². The van der Waals surface area contributed by atoms with Gasteiger partial charge in [0, 0.05) is 18.7 Å². The summed E-state index contributed by atoms with van der Waals surface area (Å²) >= 11 is 1.48. The van der Waals surface area contributed by atoms with E-state index in [0.717, 1.165) is 34.6 Å². The minimum atomic E-state index is -3.82. The van der Waals surface area contributed by atoms with E-state index in [1.165, 1.54) is 36.3 Å². The fourth-order valence-electron chi connectivity index (χ4n) is 5.29. The van der Waals surface area contributed by atoms with Gasteiger partial charge >= 0.3 is 0 Å². The lowest BCUT2D eigenvalue weighted by molar-refractivity contribution is 0.0216. The predicted molar refractivity (Wildman–Crippen MR) is 155 cm³/mol. The van der Waals surface area contributed by atoms with Crippen LogP contribution in [0.4, 0.5) is 16.2 Å². The van der Waals surface area contributed by atoms with Crippen LogP contribution in [0.15, 0.2) is 41.4 Å². The lowest BCUT2D eigenvalue weighted by Crippen LogP contribution is -2.36. The molecule has 0 bridgehead atoms. The van der Waals surface area contributed by atoms with E-state index in [9.17, 15) is 23.0 Å². The SMILES string of the molecule is Cc1nc(NCC2CC2)nc(NC2C[C@H](CS(=O)(=O)c3ccc(F)cc3)[C@@H](O)[C@H]2O)c1-c1nc2c(C)nccc2s1. The van der Waals surface area contributed by atoms with Gasteiger partial charge in [-0.3, -0.25) is 4.98 Å². The number of aromatic nitrogens is 4. The second kappa shape index (κ2) is 10.9. The molecule has 0 saturated heterocycles. The second-order valence-corrected chi connectivity index (χ2v) is 14.0. The zero-order chi connectivity index (χ0) is 28.9. The van der Waals surface area contributed by atoms with E-state index >= 15 is 0 Å². The number of sulfone groups is 1. The number of aliphatic hydroxyl groups is 2. The summed E-state index contributed by atoms with van der Waals surface area (Å²) in [6, 6.07) is 5.82. The number of nitrogens with one attached hydrogen (secondary N) is 2. The smallest absolute Gasteiger partial charge is 0.224 e. The third-order valence-electron chi connectivity index (χ3n) is 7.77. The van der Waals surface area contributed by atoms with Gasteiger partial charge in [0.15, 0.2) is 9.84 Å². The van der Waals surface area contributed by atoms with Gasteiger partial charge in [-0.25, -0.2) is 22.8 Å². The first-order valence-corrected chi connectivity index (χ1v) is 16.0. The van der Waals surface area contributed by atoms with E-state index < -0.39 is 39.8 Å². The van der Waals surface area contributed by atoms with Crippen molar-refractivity contribution in [3.05, 3.63) is 53.7 Å². The molecule has 1 unspecified atom stereocenters. The molecule has 2 fully saturated rings. The lowest BCUT2D eigenvalue weighted by atomic mass is 10.1. The van der Waals surface area contributed by atoms with Gasteiger partial charge < -0.3 is 20.8 Å². The Morgan fingerprint density at radius 3 is 2.49 bits per heavy atom. The molecule has 10 nitrogen and oxygen atoms in total. The normalized spacial score (nSPS) is 22.8.